The molecule has 1 rings (SSSR count). The lowest BCUT2D eigenvalue weighted by Gasteiger charge is -2.10. The lowest BCUT2D eigenvalue weighted by Crippen LogP contribution is -2.22. The average molecular weight is 225 g/mol. The van der Waals surface area contributed by atoms with Crippen LogP contribution in [0.1, 0.15) is 50.5 Å². The largest absolute Gasteiger partial charge is 0.493 e. The topological polar surface area (TPSA) is 92.0 Å². The highest BCUT2D eigenvalue weighted by molar-refractivity contribution is 5.23. The SMILES string of the molecule is CCCc1c(O)nc(C(N)CCC)[nH]c1=O. The van der Waals surface area contributed by atoms with Gasteiger partial charge in [0.2, 0.25) is 5.88 Å². The van der Waals surface area contributed by atoms with E-state index in [-0.39, 0.29) is 17.5 Å². The van der Waals surface area contributed by atoms with Crippen LogP contribution in [0.3, 0.4) is 0 Å². The first kappa shape index (κ1) is 12.7. The molecule has 5 nitrogen and oxygen atoms in total. The van der Waals surface area contributed by atoms with Gasteiger partial charge < -0.3 is 15.8 Å². The molecule has 16 heavy (non-hydrogen) atoms. The third kappa shape index (κ3) is 2.82. The molecule has 0 amide bonds. The molecule has 0 radical (unpaired) electrons. The fourth-order valence-corrected chi connectivity index (χ4v) is 1.60. The number of nitrogens with two attached hydrogens (primary N) is 1. The van der Waals surface area contributed by atoms with Gasteiger partial charge in [-0.05, 0) is 12.8 Å². The summed E-state index contributed by atoms with van der Waals surface area (Å²) in [5.41, 5.74) is 5.88. The molecule has 0 aliphatic heterocycles. The Labute approximate surface area is 94.7 Å². The van der Waals surface area contributed by atoms with Crippen molar-refractivity contribution >= 4 is 0 Å². The van der Waals surface area contributed by atoms with Gasteiger partial charge >= 0.3 is 0 Å². The number of aromatic amines is 1. The molecule has 0 aromatic carbocycles. The Hall–Kier alpha value is -1.36. The maximum absolute atomic E-state index is 11.6. The molecule has 0 aliphatic carbocycles. The fraction of sp³-hybridized carbons (Fsp3) is 0.636. The molecule has 0 bridgehead atoms. The standard InChI is InChI=1S/C11H19N3O2/c1-3-5-7-10(15)13-9(14-11(7)16)8(12)6-4-2/h8H,3-6,12H2,1-2H3,(H2,13,14,15,16). The van der Waals surface area contributed by atoms with Gasteiger partial charge in [-0.2, -0.15) is 4.98 Å². The second-order valence-corrected chi connectivity index (χ2v) is 3.90. The number of aromatic hydroxyl groups is 1. The first-order chi connectivity index (χ1) is 7.60. The number of hydrogen-bond donors (Lipinski definition) is 3. The van der Waals surface area contributed by atoms with Crippen LogP contribution in [0.15, 0.2) is 4.79 Å². The van der Waals surface area contributed by atoms with Crippen LogP contribution in [0.25, 0.3) is 0 Å². The number of H-pyrrole nitrogens is 1. The summed E-state index contributed by atoms with van der Waals surface area (Å²) < 4.78 is 0. The number of hydrogen-bond acceptors (Lipinski definition) is 4. The van der Waals surface area contributed by atoms with E-state index in [0.717, 1.165) is 19.3 Å². The summed E-state index contributed by atoms with van der Waals surface area (Å²) in [5.74, 6) is 0.177. The second kappa shape index (κ2) is 5.65. The molecule has 0 aliphatic rings. The molecule has 0 saturated carbocycles. The van der Waals surface area contributed by atoms with Crippen LogP contribution < -0.4 is 11.3 Å². The third-order valence-electron chi connectivity index (χ3n) is 2.46. The Kier molecular flexibility index (Phi) is 4.49. The van der Waals surface area contributed by atoms with Crippen LogP contribution in [0.5, 0.6) is 5.88 Å². The van der Waals surface area contributed by atoms with Gasteiger partial charge in [0, 0.05) is 0 Å². The molecule has 4 N–H and O–H groups in total. The van der Waals surface area contributed by atoms with Crippen LogP contribution in [0.4, 0.5) is 0 Å². The van der Waals surface area contributed by atoms with Gasteiger partial charge in [-0.15, -0.1) is 0 Å². The molecular weight excluding hydrogens is 206 g/mol. The average Bonchev–Trinajstić information content (AvgIpc) is 2.23. The summed E-state index contributed by atoms with van der Waals surface area (Å²) in [6, 6.07) is -0.320. The Balaban J connectivity index is 3.04. The zero-order chi connectivity index (χ0) is 12.1. The van der Waals surface area contributed by atoms with E-state index >= 15 is 0 Å². The van der Waals surface area contributed by atoms with Crippen molar-refractivity contribution in [2.75, 3.05) is 0 Å². The molecule has 0 spiro atoms. The normalized spacial score (nSPS) is 12.7. The van der Waals surface area contributed by atoms with Crippen molar-refractivity contribution in [2.24, 2.45) is 5.73 Å². The van der Waals surface area contributed by atoms with E-state index < -0.39 is 0 Å². The number of aromatic nitrogens is 2. The molecule has 1 unspecified atom stereocenters. The van der Waals surface area contributed by atoms with E-state index in [4.69, 9.17) is 5.73 Å². The molecule has 1 aromatic rings. The van der Waals surface area contributed by atoms with Crippen molar-refractivity contribution in [3.8, 4) is 5.88 Å². The van der Waals surface area contributed by atoms with Crippen molar-refractivity contribution in [1.82, 2.24) is 9.97 Å². The van der Waals surface area contributed by atoms with Crippen LogP contribution >= 0.6 is 0 Å². The van der Waals surface area contributed by atoms with Crippen molar-refractivity contribution in [3.05, 3.63) is 21.7 Å². The first-order valence-corrected chi connectivity index (χ1v) is 5.67. The monoisotopic (exact) mass is 225 g/mol. The maximum Gasteiger partial charge on any atom is 0.257 e. The van der Waals surface area contributed by atoms with Crippen molar-refractivity contribution in [1.29, 1.82) is 0 Å². The third-order valence-corrected chi connectivity index (χ3v) is 2.46. The number of rotatable bonds is 5. The second-order valence-electron chi connectivity index (χ2n) is 3.90. The summed E-state index contributed by atoms with van der Waals surface area (Å²) in [6.45, 7) is 3.94. The van der Waals surface area contributed by atoms with Crippen molar-refractivity contribution in [2.45, 2.75) is 45.6 Å². The summed E-state index contributed by atoms with van der Waals surface area (Å²) in [5, 5.41) is 9.63. The van der Waals surface area contributed by atoms with Gasteiger partial charge in [-0.25, -0.2) is 0 Å². The molecule has 0 fully saturated rings. The first-order valence-electron chi connectivity index (χ1n) is 5.67. The molecule has 90 valence electrons. The van der Waals surface area contributed by atoms with Gasteiger partial charge in [0.15, 0.2) is 0 Å². The summed E-state index contributed by atoms with van der Waals surface area (Å²) >= 11 is 0. The Morgan fingerprint density at radius 1 is 1.44 bits per heavy atom. The summed E-state index contributed by atoms with van der Waals surface area (Å²) in [4.78, 5) is 18.2. The summed E-state index contributed by atoms with van der Waals surface area (Å²) in [7, 11) is 0. The van der Waals surface area contributed by atoms with Gasteiger partial charge in [0.1, 0.15) is 5.82 Å². The predicted octanol–water partition coefficient (Wildman–Crippen LogP) is 1.23. The van der Waals surface area contributed by atoms with Crippen molar-refractivity contribution < 1.29 is 5.11 Å². The fourth-order valence-electron chi connectivity index (χ4n) is 1.60. The highest BCUT2D eigenvalue weighted by atomic mass is 16.3. The summed E-state index contributed by atoms with van der Waals surface area (Å²) in [6.07, 6.45) is 2.95. The molecular formula is C11H19N3O2. The van der Waals surface area contributed by atoms with Gasteiger partial charge in [0.25, 0.3) is 5.56 Å². The Bertz CT molecular complexity index is 401. The van der Waals surface area contributed by atoms with E-state index in [0.29, 0.717) is 17.8 Å². The van der Waals surface area contributed by atoms with Crippen LogP contribution in [0, 0.1) is 0 Å². The van der Waals surface area contributed by atoms with Crippen molar-refractivity contribution in [3.63, 3.8) is 0 Å². The number of nitrogens with one attached hydrogen (secondary N) is 1. The molecule has 0 saturated heterocycles. The lowest BCUT2D eigenvalue weighted by molar-refractivity contribution is 0.433. The van der Waals surface area contributed by atoms with E-state index in [2.05, 4.69) is 9.97 Å². The van der Waals surface area contributed by atoms with E-state index in [1.807, 2.05) is 13.8 Å². The molecule has 1 atom stereocenters. The van der Waals surface area contributed by atoms with Crippen LogP contribution in [-0.2, 0) is 6.42 Å². The number of nitrogens with zero attached hydrogens (tertiary/aromatic N) is 1. The Morgan fingerprint density at radius 3 is 2.62 bits per heavy atom. The zero-order valence-corrected chi connectivity index (χ0v) is 9.79. The predicted molar refractivity (Wildman–Crippen MR) is 62.4 cm³/mol. The molecule has 1 aromatic heterocycles. The smallest absolute Gasteiger partial charge is 0.257 e. The highest BCUT2D eigenvalue weighted by Gasteiger charge is 2.13. The van der Waals surface area contributed by atoms with Crippen LogP contribution in [-0.4, -0.2) is 15.1 Å². The van der Waals surface area contributed by atoms with Crippen LogP contribution in [0.2, 0.25) is 0 Å². The van der Waals surface area contributed by atoms with Gasteiger partial charge in [-0.1, -0.05) is 26.7 Å². The van der Waals surface area contributed by atoms with E-state index in [9.17, 15) is 9.90 Å². The van der Waals surface area contributed by atoms with E-state index in [1.165, 1.54) is 0 Å². The van der Waals surface area contributed by atoms with E-state index in [1.54, 1.807) is 0 Å². The highest BCUT2D eigenvalue weighted by Crippen LogP contribution is 2.15. The zero-order valence-electron chi connectivity index (χ0n) is 9.79. The minimum atomic E-state index is -0.320. The van der Waals surface area contributed by atoms with Gasteiger partial charge in [-0.3, -0.25) is 4.79 Å². The molecule has 1 heterocycles. The lowest BCUT2D eigenvalue weighted by atomic mass is 10.1. The molecule has 5 heteroatoms. The van der Waals surface area contributed by atoms with Gasteiger partial charge in [0.05, 0.1) is 11.6 Å². The quantitative estimate of drug-likeness (QED) is 0.702. The Morgan fingerprint density at radius 2 is 2.12 bits per heavy atom. The maximum atomic E-state index is 11.6. The minimum absolute atomic E-state index is 0.188. The minimum Gasteiger partial charge on any atom is -0.493 e.